The molecule has 0 aliphatic rings. The largest absolute Gasteiger partial charge is 0.492 e. The van der Waals surface area contributed by atoms with Gasteiger partial charge in [0.25, 0.3) is 0 Å². The lowest BCUT2D eigenvalue weighted by molar-refractivity contribution is 0.309. The molecule has 1 rings (SSSR count). The predicted octanol–water partition coefficient (Wildman–Crippen LogP) is 3.20. The molecule has 0 amide bonds. The Balaban J connectivity index is 2.17. The highest BCUT2D eigenvalue weighted by molar-refractivity contribution is 9.10. The minimum Gasteiger partial charge on any atom is -0.492 e. The molecule has 1 N–H and O–H groups in total. The van der Waals surface area contributed by atoms with Gasteiger partial charge in [0.05, 0.1) is 0 Å². The number of rotatable bonds is 6. The number of ether oxygens (including phenoxy) is 1. The lowest BCUT2D eigenvalue weighted by Crippen LogP contribution is -2.31. The Bertz CT molecular complexity index is 276. The van der Waals surface area contributed by atoms with Crippen molar-refractivity contribution in [1.29, 1.82) is 0 Å². The van der Waals surface area contributed by atoms with E-state index < -0.39 is 0 Å². The van der Waals surface area contributed by atoms with Crippen LogP contribution in [-0.2, 0) is 0 Å². The molecule has 0 aromatic heterocycles. The lowest BCUT2D eigenvalue weighted by Gasteiger charge is -2.11. The van der Waals surface area contributed by atoms with Gasteiger partial charge in [0.15, 0.2) is 0 Å². The fourth-order valence-electron chi connectivity index (χ4n) is 1.06. The highest BCUT2D eigenvalue weighted by Gasteiger charge is 1.97. The lowest BCUT2D eigenvalue weighted by atomic mass is 10.3. The van der Waals surface area contributed by atoms with Gasteiger partial charge in [0.1, 0.15) is 12.4 Å². The first-order chi connectivity index (χ1) is 7.22. The Labute approximate surface area is 108 Å². The second-order valence-electron chi connectivity index (χ2n) is 3.31. The maximum Gasteiger partial charge on any atom is 0.119 e. The highest BCUT2D eigenvalue weighted by Crippen LogP contribution is 2.15. The van der Waals surface area contributed by atoms with Crippen molar-refractivity contribution in [3.8, 4) is 5.75 Å². The van der Waals surface area contributed by atoms with Crippen LogP contribution in [0, 0.1) is 0 Å². The highest BCUT2D eigenvalue weighted by atomic mass is 79.9. The monoisotopic (exact) mass is 335 g/mol. The Morgan fingerprint density at radius 2 is 2.00 bits per heavy atom. The third-order valence-corrected chi connectivity index (χ3v) is 3.41. The van der Waals surface area contributed by atoms with E-state index in [-0.39, 0.29) is 0 Å². The van der Waals surface area contributed by atoms with E-state index in [1.54, 1.807) is 0 Å². The Morgan fingerprint density at radius 1 is 1.33 bits per heavy atom. The summed E-state index contributed by atoms with van der Waals surface area (Å²) in [5, 5.41) is 4.30. The van der Waals surface area contributed by atoms with Gasteiger partial charge in [-0.05, 0) is 31.2 Å². The molecule has 1 unspecified atom stereocenters. The standard InChI is InChI=1S/C11H15Br2NO/c1-9(8-12)14-6-7-15-11-4-2-10(13)3-5-11/h2-5,9,14H,6-8H2,1H3. The molecule has 0 fully saturated rings. The van der Waals surface area contributed by atoms with E-state index in [1.807, 2.05) is 24.3 Å². The van der Waals surface area contributed by atoms with Crippen molar-refractivity contribution in [3.05, 3.63) is 28.7 Å². The van der Waals surface area contributed by atoms with Crippen LogP contribution in [0.1, 0.15) is 6.92 Å². The first kappa shape index (κ1) is 13.0. The third kappa shape index (κ3) is 5.54. The van der Waals surface area contributed by atoms with E-state index in [1.165, 1.54) is 0 Å². The summed E-state index contributed by atoms with van der Waals surface area (Å²) < 4.78 is 6.63. The van der Waals surface area contributed by atoms with Crippen LogP contribution in [0.3, 0.4) is 0 Å². The van der Waals surface area contributed by atoms with Gasteiger partial charge in [-0.25, -0.2) is 0 Å². The molecule has 0 aliphatic heterocycles. The second-order valence-corrected chi connectivity index (χ2v) is 4.88. The molecule has 0 aliphatic carbocycles. The summed E-state index contributed by atoms with van der Waals surface area (Å²) in [6, 6.07) is 8.35. The summed E-state index contributed by atoms with van der Waals surface area (Å²) in [6.45, 7) is 3.69. The van der Waals surface area contributed by atoms with E-state index in [4.69, 9.17) is 4.74 Å². The Morgan fingerprint density at radius 3 is 2.60 bits per heavy atom. The average Bonchev–Trinajstić information content (AvgIpc) is 2.26. The molecule has 1 aromatic carbocycles. The van der Waals surface area contributed by atoms with Crippen LogP contribution in [0.2, 0.25) is 0 Å². The summed E-state index contributed by atoms with van der Waals surface area (Å²) >= 11 is 6.79. The van der Waals surface area contributed by atoms with E-state index in [0.29, 0.717) is 12.6 Å². The van der Waals surface area contributed by atoms with Crippen molar-refractivity contribution in [2.45, 2.75) is 13.0 Å². The van der Waals surface area contributed by atoms with E-state index in [0.717, 1.165) is 22.1 Å². The number of nitrogens with one attached hydrogen (secondary N) is 1. The van der Waals surface area contributed by atoms with Crippen molar-refractivity contribution >= 4 is 31.9 Å². The molecule has 0 spiro atoms. The van der Waals surface area contributed by atoms with Gasteiger partial charge in [-0.3, -0.25) is 0 Å². The fraction of sp³-hybridized carbons (Fsp3) is 0.455. The van der Waals surface area contributed by atoms with Crippen molar-refractivity contribution < 1.29 is 4.74 Å². The van der Waals surface area contributed by atoms with Crippen molar-refractivity contribution in [3.63, 3.8) is 0 Å². The molecule has 0 saturated carbocycles. The third-order valence-electron chi connectivity index (χ3n) is 1.91. The van der Waals surface area contributed by atoms with Crippen LogP contribution in [0.5, 0.6) is 5.75 Å². The van der Waals surface area contributed by atoms with Gasteiger partial charge in [-0.1, -0.05) is 31.9 Å². The van der Waals surface area contributed by atoms with Gasteiger partial charge in [-0.15, -0.1) is 0 Å². The first-order valence-electron chi connectivity index (χ1n) is 4.90. The van der Waals surface area contributed by atoms with E-state index in [9.17, 15) is 0 Å². The Kier molecular flexibility index (Phi) is 6.29. The topological polar surface area (TPSA) is 21.3 Å². The zero-order chi connectivity index (χ0) is 11.1. The maximum absolute atomic E-state index is 5.56. The van der Waals surface area contributed by atoms with Crippen LogP contribution in [0.4, 0.5) is 0 Å². The zero-order valence-electron chi connectivity index (χ0n) is 8.67. The molecule has 4 heteroatoms. The molecule has 15 heavy (non-hydrogen) atoms. The van der Waals surface area contributed by atoms with Gasteiger partial charge in [0, 0.05) is 22.4 Å². The molecule has 0 radical (unpaired) electrons. The zero-order valence-corrected chi connectivity index (χ0v) is 11.8. The normalized spacial score (nSPS) is 12.5. The molecule has 0 bridgehead atoms. The maximum atomic E-state index is 5.56. The number of hydrogen-bond donors (Lipinski definition) is 1. The average molecular weight is 337 g/mol. The van der Waals surface area contributed by atoms with Crippen molar-refractivity contribution in [1.82, 2.24) is 5.32 Å². The summed E-state index contributed by atoms with van der Waals surface area (Å²) in [5.41, 5.74) is 0. The van der Waals surface area contributed by atoms with E-state index >= 15 is 0 Å². The summed E-state index contributed by atoms with van der Waals surface area (Å²) in [6.07, 6.45) is 0. The van der Waals surface area contributed by atoms with Crippen LogP contribution >= 0.6 is 31.9 Å². The smallest absolute Gasteiger partial charge is 0.119 e. The number of hydrogen-bond acceptors (Lipinski definition) is 2. The number of benzene rings is 1. The van der Waals surface area contributed by atoms with E-state index in [2.05, 4.69) is 44.1 Å². The molecule has 0 saturated heterocycles. The molecule has 84 valence electrons. The van der Waals surface area contributed by atoms with Gasteiger partial charge < -0.3 is 10.1 Å². The molecule has 1 atom stereocenters. The van der Waals surface area contributed by atoms with Gasteiger partial charge in [-0.2, -0.15) is 0 Å². The number of alkyl halides is 1. The van der Waals surface area contributed by atoms with Crippen LogP contribution in [0.15, 0.2) is 28.7 Å². The van der Waals surface area contributed by atoms with Crippen molar-refractivity contribution in [2.24, 2.45) is 0 Å². The Hall–Kier alpha value is -0.0600. The molecule has 1 aromatic rings. The van der Waals surface area contributed by atoms with Crippen LogP contribution < -0.4 is 10.1 Å². The fourth-order valence-corrected chi connectivity index (χ4v) is 1.55. The minimum atomic E-state index is 0.485. The quantitative estimate of drug-likeness (QED) is 0.636. The first-order valence-corrected chi connectivity index (χ1v) is 6.81. The SMILES string of the molecule is CC(CBr)NCCOc1ccc(Br)cc1. The number of halogens is 2. The van der Waals surface area contributed by atoms with Gasteiger partial charge in [0.2, 0.25) is 0 Å². The summed E-state index contributed by atoms with van der Waals surface area (Å²) in [4.78, 5) is 0. The molecule has 0 heterocycles. The molecular weight excluding hydrogens is 322 g/mol. The van der Waals surface area contributed by atoms with Crippen LogP contribution in [-0.4, -0.2) is 24.5 Å². The molecule has 2 nitrogen and oxygen atoms in total. The second kappa shape index (κ2) is 7.25. The minimum absolute atomic E-state index is 0.485. The summed E-state index contributed by atoms with van der Waals surface area (Å²) in [5.74, 6) is 0.909. The predicted molar refractivity (Wildman–Crippen MR) is 70.9 cm³/mol. The van der Waals surface area contributed by atoms with Crippen LogP contribution in [0.25, 0.3) is 0 Å². The van der Waals surface area contributed by atoms with Gasteiger partial charge >= 0.3 is 0 Å². The summed E-state index contributed by atoms with van der Waals surface area (Å²) in [7, 11) is 0. The van der Waals surface area contributed by atoms with Crippen molar-refractivity contribution in [2.75, 3.05) is 18.5 Å². The molecular formula is C11H15Br2NO.